The molecular formula is C35H40O17. The van der Waals surface area contributed by atoms with Crippen molar-refractivity contribution < 1.29 is 83.5 Å². The molecule has 0 aromatic heterocycles. The SMILES string of the molecule is CC(=O)OC(C)=O.CC(=O)Oc1cc(C(=O)O)cc(OC(C)=O)c1C(C)C.CC(C)c1c(O)cc(C(=O)O)cc1O.O=C(O)c1cc(O)cc(O)c1. The van der Waals surface area contributed by atoms with E-state index in [4.69, 9.17) is 35.0 Å². The van der Waals surface area contributed by atoms with E-state index < -0.39 is 41.8 Å². The van der Waals surface area contributed by atoms with Crippen LogP contribution in [0.15, 0.2) is 42.5 Å². The van der Waals surface area contributed by atoms with Crippen molar-refractivity contribution in [2.24, 2.45) is 0 Å². The highest BCUT2D eigenvalue weighted by Gasteiger charge is 2.21. The van der Waals surface area contributed by atoms with Crippen molar-refractivity contribution in [3.8, 4) is 34.5 Å². The number of carbonyl (C=O) groups is 7. The monoisotopic (exact) mass is 732 g/mol. The first kappa shape index (κ1) is 45.3. The Morgan fingerprint density at radius 3 is 1.02 bits per heavy atom. The number of hydrogen-bond donors (Lipinski definition) is 7. The van der Waals surface area contributed by atoms with Crippen LogP contribution in [-0.4, -0.2) is 77.5 Å². The van der Waals surface area contributed by atoms with Crippen molar-refractivity contribution in [1.82, 2.24) is 0 Å². The molecule has 0 saturated carbocycles. The molecule has 0 bridgehead atoms. The molecule has 0 radical (unpaired) electrons. The van der Waals surface area contributed by atoms with Gasteiger partial charge in [0.25, 0.3) is 0 Å². The molecular weight excluding hydrogens is 692 g/mol. The number of esters is 4. The number of ether oxygens (including phenoxy) is 3. The molecule has 7 N–H and O–H groups in total. The lowest BCUT2D eigenvalue weighted by atomic mass is 9.98. The topological polar surface area (TPSA) is 289 Å². The summed E-state index contributed by atoms with van der Waals surface area (Å²) in [5.74, 6) is -6.75. The lowest BCUT2D eigenvalue weighted by Crippen LogP contribution is -2.11. The molecule has 0 atom stereocenters. The van der Waals surface area contributed by atoms with Gasteiger partial charge in [0, 0.05) is 44.9 Å². The second-order valence-electron chi connectivity index (χ2n) is 11.0. The van der Waals surface area contributed by atoms with E-state index in [1.54, 1.807) is 13.8 Å². The van der Waals surface area contributed by atoms with Gasteiger partial charge in [-0.15, -0.1) is 0 Å². The summed E-state index contributed by atoms with van der Waals surface area (Å²) >= 11 is 0. The molecule has 0 spiro atoms. The zero-order chi connectivity index (χ0) is 40.6. The van der Waals surface area contributed by atoms with Crippen LogP contribution in [0.3, 0.4) is 0 Å². The quantitative estimate of drug-likeness (QED) is 0.0936. The second kappa shape index (κ2) is 20.8. The van der Waals surface area contributed by atoms with E-state index in [9.17, 15) is 43.8 Å². The molecule has 282 valence electrons. The van der Waals surface area contributed by atoms with Crippen LogP contribution >= 0.6 is 0 Å². The fourth-order valence-corrected chi connectivity index (χ4v) is 4.03. The molecule has 0 aliphatic carbocycles. The summed E-state index contributed by atoms with van der Waals surface area (Å²) in [5, 5.41) is 62.7. The second-order valence-corrected chi connectivity index (χ2v) is 11.0. The minimum atomic E-state index is -1.21. The summed E-state index contributed by atoms with van der Waals surface area (Å²) in [6, 6.07) is 7.93. The van der Waals surface area contributed by atoms with Gasteiger partial charge in [-0.2, -0.15) is 0 Å². The molecule has 3 aromatic carbocycles. The minimum Gasteiger partial charge on any atom is -0.508 e. The molecule has 0 aliphatic rings. The van der Waals surface area contributed by atoms with E-state index in [2.05, 4.69) is 4.74 Å². The fourth-order valence-electron chi connectivity index (χ4n) is 4.03. The van der Waals surface area contributed by atoms with E-state index in [-0.39, 0.29) is 63.0 Å². The maximum absolute atomic E-state index is 11.1. The van der Waals surface area contributed by atoms with E-state index in [0.29, 0.717) is 11.1 Å². The van der Waals surface area contributed by atoms with Gasteiger partial charge in [0.1, 0.15) is 34.5 Å². The smallest absolute Gasteiger partial charge is 0.335 e. The van der Waals surface area contributed by atoms with Crippen LogP contribution in [0.1, 0.15) is 109 Å². The van der Waals surface area contributed by atoms with Crippen molar-refractivity contribution in [2.75, 3.05) is 0 Å². The third-order valence-electron chi connectivity index (χ3n) is 5.83. The molecule has 0 unspecified atom stereocenters. The Balaban J connectivity index is 0.000000711. The Morgan fingerprint density at radius 1 is 0.462 bits per heavy atom. The van der Waals surface area contributed by atoms with Gasteiger partial charge in [-0.25, -0.2) is 14.4 Å². The van der Waals surface area contributed by atoms with Crippen LogP contribution in [0.2, 0.25) is 0 Å². The highest BCUT2D eigenvalue weighted by Crippen LogP contribution is 2.37. The van der Waals surface area contributed by atoms with Crippen LogP contribution in [0.5, 0.6) is 34.5 Å². The average Bonchev–Trinajstić information content (AvgIpc) is 2.95. The zero-order valence-corrected chi connectivity index (χ0v) is 29.4. The summed E-state index contributed by atoms with van der Waals surface area (Å²) < 4.78 is 14.0. The third-order valence-corrected chi connectivity index (χ3v) is 5.83. The first-order chi connectivity index (χ1) is 23.9. The Hall–Kier alpha value is -6.65. The van der Waals surface area contributed by atoms with Crippen molar-refractivity contribution in [2.45, 2.75) is 67.2 Å². The number of rotatable bonds is 7. The molecule has 0 fully saturated rings. The molecule has 17 heteroatoms. The Kier molecular flexibility index (Phi) is 18.1. The molecule has 3 rings (SSSR count). The van der Waals surface area contributed by atoms with E-state index >= 15 is 0 Å². The number of carboxylic acids is 3. The van der Waals surface area contributed by atoms with Gasteiger partial charge in [-0.05, 0) is 48.2 Å². The Bertz CT molecular complexity index is 1710. The predicted octanol–water partition coefficient (Wildman–Crippen LogP) is 5.17. The number of hydrogen-bond acceptors (Lipinski definition) is 14. The number of aromatic hydroxyl groups is 4. The largest absolute Gasteiger partial charge is 0.508 e. The molecule has 52 heavy (non-hydrogen) atoms. The molecule has 0 heterocycles. The molecule has 0 amide bonds. The van der Waals surface area contributed by atoms with Crippen LogP contribution in [0.25, 0.3) is 0 Å². The van der Waals surface area contributed by atoms with Gasteiger partial charge >= 0.3 is 41.8 Å². The van der Waals surface area contributed by atoms with Crippen molar-refractivity contribution in [3.05, 3.63) is 70.3 Å². The Morgan fingerprint density at radius 2 is 0.769 bits per heavy atom. The van der Waals surface area contributed by atoms with Crippen LogP contribution < -0.4 is 9.47 Å². The minimum absolute atomic E-state index is 0.0576. The zero-order valence-electron chi connectivity index (χ0n) is 29.4. The maximum atomic E-state index is 11.1. The summed E-state index contributed by atoms with van der Waals surface area (Å²) in [6.45, 7) is 12.0. The number of benzene rings is 3. The van der Waals surface area contributed by atoms with Gasteiger partial charge in [-0.1, -0.05) is 27.7 Å². The lowest BCUT2D eigenvalue weighted by molar-refractivity contribution is -0.156. The van der Waals surface area contributed by atoms with Crippen molar-refractivity contribution in [1.29, 1.82) is 0 Å². The van der Waals surface area contributed by atoms with Crippen LogP contribution in [0.4, 0.5) is 0 Å². The molecule has 3 aromatic rings. The number of aromatic carboxylic acids is 3. The summed E-state index contributed by atoms with van der Waals surface area (Å²) in [5.41, 5.74) is 0.462. The normalized spacial score (nSPS) is 9.81. The van der Waals surface area contributed by atoms with Gasteiger partial charge in [-0.3, -0.25) is 19.2 Å². The first-order valence-corrected chi connectivity index (χ1v) is 14.9. The van der Waals surface area contributed by atoms with E-state index in [1.165, 1.54) is 39.8 Å². The van der Waals surface area contributed by atoms with Gasteiger partial charge in [0.2, 0.25) is 0 Å². The summed E-state index contributed by atoms with van der Waals surface area (Å²) in [6.07, 6.45) is 0. The number of phenols is 4. The highest BCUT2D eigenvalue weighted by atomic mass is 16.6. The van der Waals surface area contributed by atoms with Crippen LogP contribution in [0, 0.1) is 0 Å². The van der Waals surface area contributed by atoms with Crippen LogP contribution in [-0.2, 0) is 23.9 Å². The predicted molar refractivity (Wildman–Crippen MR) is 180 cm³/mol. The van der Waals surface area contributed by atoms with Crippen molar-refractivity contribution >= 4 is 41.8 Å². The van der Waals surface area contributed by atoms with Gasteiger partial charge < -0.3 is 50.0 Å². The number of phenolic OH excluding ortho intramolecular Hbond substituents is 4. The third kappa shape index (κ3) is 16.2. The number of carboxylic acid groups (broad SMARTS) is 3. The first-order valence-electron chi connectivity index (χ1n) is 14.9. The lowest BCUT2D eigenvalue weighted by Gasteiger charge is -2.17. The summed E-state index contributed by atoms with van der Waals surface area (Å²) in [4.78, 5) is 73.8. The van der Waals surface area contributed by atoms with Crippen molar-refractivity contribution in [3.63, 3.8) is 0 Å². The average molecular weight is 733 g/mol. The molecule has 0 saturated heterocycles. The standard InChI is InChI=1S/C14H16O6.C10H12O4.C7H6O4.C4H6O3/c1-7(2)13-11(19-8(3)15)5-10(14(17)18)6-12(13)20-9(4)16;1-5(2)9-7(11)3-6(10(13)14)4-8(9)12;8-5-1-4(7(10)11)2-6(9)3-5;1-3(5)7-4(2)6/h5-7H,1-4H3,(H,17,18);3-5,11-12H,1-2H3,(H,13,14);1-3,8-9H,(H,10,11);1-2H3. The fraction of sp³-hybridized carbons (Fsp3) is 0.286. The van der Waals surface area contributed by atoms with Gasteiger partial charge in [0.15, 0.2) is 0 Å². The maximum Gasteiger partial charge on any atom is 0.335 e. The molecule has 17 nitrogen and oxygen atoms in total. The Labute approximate surface area is 297 Å². The van der Waals surface area contributed by atoms with E-state index in [1.807, 2.05) is 13.8 Å². The number of carbonyl (C=O) groups excluding carboxylic acids is 4. The van der Waals surface area contributed by atoms with E-state index in [0.717, 1.165) is 30.3 Å². The van der Waals surface area contributed by atoms with Gasteiger partial charge in [0.05, 0.1) is 16.7 Å². The highest BCUT2D eigenvalue weighted by molar-refractivity contribution is 5.90. The molecule has 0 aliphatic heterocycles. The summed E-state index contributed by atoms with van der Waals surface area (Å²) in [7, 11) is 0.